The van der Waals surface area contributed by atoms with Gasteiger partial charge < -0.3 is 19.8 Å². The number of carbonyl (C=O) groups is 1. The number of phosphoric acid groups is 1. The molecule has 8 nitrogen and oxygen atoms in total. The van der Waals surface area contributed by atoms with Crippen LogP contribution in [-0.2, 0) is 18.4 Å². The van der Waals surface area contributed by atoms with Crippen molar-refractivity contribution < 1.29 is 32.9 Å². The topological polar surface area (TPSA) is 105 Å². The van der Waals surface area contributed by atoms with Crippen molar-refractivity contribution >= 4 is 13.7 Å². The standard InChI is InChI=1S/C62H121N2O6P/c1-6-8-10-12-14-16-18-20-22-24-25-26-27-28-29-30-31-32-33-34-35-36-37-38-40-41-43-45-47-49-51-53-55-61(65)60(59-70-71(67,68)69-58-57-64(3,4)5)63-62(66)56-54-52-50-48-46-44-42-39-23-21-19-17-15-13-11-9-7-2/h38,40,45,47,53,55,60-61,65H,6-37,39,41-44,46,48-52,54,56-59H2,1-5H3,(H-,63,66,67,68)/p+1/b40-38+,47-45+,55-53+. The predicted octanol–water partition coefficient (Wildman–Crippen LogP) is 18.9. The average molecular weight is 1020 g/mol. The molecule has 0 bridgehead atoms. The van der Waals surface area contributed by atoms with Crippen molar-refractivity contribution in [1.82, 2.24) is 5.32 Å². The van der Waals surface area contributed by atoms with Crippen LogP contribution in [0, 0.1) is 0 Å². The molecule has 0 saturated heterocycles. The molecule has 0 aromatic rings. The Kier molecular flexibility index (Phi) is 52.6. The molecule has 71 heavy (non-hydrogen) atoms. The number of phosphoric ester groups is 1. The number of hydrogen-bond acceptors (Lipinski definition) is 5. The minimum absolute atomic E-state index is 0.0551. The number of carbonyl (C=O) groups excluding carboxylic acids is 1. The largest absolute Gasteiger partial charge is 0.472 e. The molecule has 0 rings (SSSR count). The molecule has 0 aromatic carbocycles. The second-order valence-corrected chi connectivity index (χ2v) is 23.9. The van der Waals surface area contributed by atoms with E-state index in [0.29, 0.717) is 17.4 Å². The first-order chi connectivity index (χ1) is 34.5. The van der Waals surface area contributed by atoms with Crippen LogP contribution in [0.1, 0.15) is 303 Å². The quantitative estimate of drug-likeness (QED) is 0.0243. The highest BCUT2D eigenvalue weighted by Gasteiger charge is 2.27. The van der Waals surface area contributed by atoms with Gasteiger partial charge in [-0.05, 0) is 44.9 Å². The summed E-state index contributed by atoms with van der Waals surface area (Å²) >= 11 is 0. The summed E-state index contributed by atoms with van der Waals surface area (Å²) in [6.45, 7) is 4.83. The number of unbranched alkanes of at least 4 members (excludes halogenated alkanes) is 40. The van der Waals surface area contributed by atoms with E-state index in [9.17, 15) is 19.4 Å². The molecule has 0 aliphatic rings. The second kappa shape index (κ2) is 53.5. The van der Waals surface area contributed by atoms with E-state index in [-0.39, 0.29) is 19.1 Å². The predicted molar refractivity (Wildman–Crippen MR) is 309 cm³/mol. The number of likely N-dealkylation sites (N-methyl/N-ethyl adjacent to an activating group) is 1. The SMILES string of the molecule is CCCCCCCCCCCCCCCCCCCCCCCC/C=C/CC/C=C/CC/C=C/C(O)C(COP(=O)(O)OCC[N+](C)(C)C)NC(=O)CCCCCCCCCCCCCCCCCCC. The van der Waals surface area contributed by atoms with Crippen molar-refractivity contribution in [2.45, 2.75) is 315 Å². The molecule has 420 valence electrons. The number of nitrogens with one attached hydrogen (secondary N) is 1. The van der Waals surface area contributed by atoms with Crippen LogP contribution in [-0.4, -0.2) is 73.4 Å². The van der Waals surface area contributed by atoms with Gasteiger partial charge in [-0.3, -0.25) is 13.8 Å². The molecule has 3 unspecified atom stereocenters. The molecular formula is C62H122N2O6P+. The first-order valence-electron chi connectivity index (χ1n) is 30.9. The normalized spacial score (nSPS) is 14.1. The number of allylic oxidation sites excluding steroid dienone is 5. The number of nitrogens with zero attached hydrogens (tertiary/aromatic N) is 1. The Morgan fingerprint density at radius 3 is 1.13 bits per heavy atom. The molecule has 0 aromatic heterocycles. The molecule has 3 N–H and O–H groups in total. The van der Waals surface area contributed by atoms with Gasteiger partial charge in [-0.25, -0.2) is 4.57 Å². The van der Waals surface area contributed by atoms with Gasteiger partial charge in [0.1, 0.15) is 13.2 Å². The Labute approximate surface area is 442 Å². The zero-order valence-electron chi connectivity index (χ0n) is 48.0. The van der Waals surface area contributed by atoms with Gasteiger partial charge in [-0.1, -0.05) is 288 Å². The van der Waals surface area contributed by atoms with E-state index in [0.717, 1.165) is 44.9 Å². The van der Waals surface area contributed by atoms with Gasteiger partial charge in [0.25, 0.3) is 0 Å². The molecule has 3 atom stereocenters. The molecule has 0 aliphatic heterocycles. The number of hydrogen-bond donors (Lipinski definition) is 3. The first kappa shape index (κ1) is 69.7. The fourth-order valence-electron chi connectivity index (χ4n) is 9.25. The van der Waals surface area contributed by atoms with Crippen molar-refractivity contribution in [1.29, 1.82) is 0 Å². The highest BCUT2D eigenvalue weighted by molar-refractivity contribution is 7.47. The van der Waals surface area contributed by atoms with Crippen molar-refractivity contribution in [2.75, 3.05) is 40.9 Å². The summed E-state index contributed by atoms with van der Waals surface area (Å²) in [4.78, 5) is 23.3. The van der Waals surface area contributed by atoms with Crippen LogP contribution in [0.4, 0.5) is 0 Å². The van der Waals surface area contributed by atoms with Gasteiger partial charge in [0.15, 0.2) is 0 Å². The summed E-state index contributed by atoms with van der Waals surface area (Å²) in [5.41, 5.74) is 0. The van der Waals surface area contributed by atoms with Crippen LogP contribution in [0.2, 0.25) is 0 Å². The lowest BCUT2D eigenvalue weighted by atomic mass is 10.0. The summed E-state index contributed by atoms with van der Waals surface area (Å²) in [5, 5.41) is 13.9. The number of aliphatic hydroxyl groups excluding tert-OH is 1. The van der Waals surface area contributed by atoms with Gasteiger partial charge in [0.05, 0.1) is 39.9 Å². The second-order valence-electron chi connectivity index (χ2n) is 22.4. The van der Waals surface area contributed by atoms with Gasteiger partial charge >= 0.3 is 7.82 Å². The molecule has 0 fully saturated rings. The number of amides is 1. The lowest BCUT2D eigenvalue weighted by molar-refractivity contribution is -0.870. The Balaban J connectivity index is 4.15. The van der Waals surface area contributed by atoms with Crippen LogP contribution in [0.5, 0.6) is 0 Å². The fraction of sp³-hybridized carbons (Fsp3) is 0.887. The number of rotatable bonds is 57. The molecule has 9 heteroatoms. The Morgan fingerprint density at radius 1 is 0.465 bits per heavy atom. The lowest BCUT2D eigenvalue weighted by Gasteiger charge is -2.25. The van der Waals surface area contributed by atoms with Gasteiger partial charge in [-0.2, -0.15) is 0 Å². The summed E-state index contributed by atoms with van der Waals surface area (Å²) < 4.78 is 23.7. The van der Waals surface area contributed by atoms with Crippen LogP contribution >= 0.6 is 7.82 Å². The van der Waals surface area contributed by atoms with Crippen LogP contribution in [0.15, 0.2) is 36.5 Å². The minimum atomic E-state index is -4.36. The average Bonchev–Trinajstić information content (AvgIpc) is 3.33. The van der Waals surface area contributed by atoms with E-state index in [1.54, 1.807) is 6.08 Å². The molecule has 0 heterocycles. The monoisotopic (exact) mass is 1020 g/mol. The van der Waals surface area contributed by atoms with E-state index in [2.05, 4.69) is 43.5 Å². The van der Waals surface area contributed by atoms with Crippen molar-refractivity contribution in [3.05, 3.63) is 36.5 Å². The third-order valence-electron chi connectivity index (χ3n) is 14.1. The third-order valence-corrected chi connectivity index (χ3v) is 15.1. The van der Waals surface area contributed by atoms with Gasteiger partial charge in [0, 0.05) is 6.42 Å². The Bertz CT molecular complexity index is 1250. The van der Waals surface area contributed by atoms with Crippen molar-refractivity contribution in [3.8, 4) is 0 Å². The zero-order valence-corrected chi connectivity index (χ0v) is 48.9. The van der Waals surface area contributed by atoms with Crippen LogP contribution in [0.25, 0.3) is 0 Å². The molecule has 0 spiro atoms. The van der Waals surface area contributed by atoms with Crippen LogP contribution in [0.3, 0.4) is 0 Å². The highest BCUT2D eigenvalue weighted by Crippen LogP contribution is 2.43. The minimum Gasteiger partial charge on any atom is -0.387 e. The third kappa shape index (κ3) is 56.3. The van der Waals surface area contributed by atoms with Gasteiger partial charge in [-0.15, -0.1) is 0 Å². The van der Waals surface area contributed by atoms with E-state index in [1.807, 2.05) is 27.2 Å². The zero-order chi connectivity index (χ0) is 52.0. The molecule has 1 amide bonds. The molecule has 0 radical (unpaired) electrons. The lowest BCUT2D eigenvalue weighted by Crippen LogP contribution is -2.45. The van der Waals surface area contributed by atoms with E-state index in [4.69, 9.17) is 9.05 Å². The fourth-order valence-corrected chi connectivity index (χ4v) is 9.99. The summed E-state index contributed by atoms with van der Waals surface area (Å²) in [5.74, 6) is -0.186. The van der Waals surface area contributed by atoms with E-state index in [1.165, 1.54) is 238 Å². The van der Waals surface area contributed by atoms with Crippen molar-refractivity contribution in [3.63, 3.8) is 0 Å². The van der Waals surface area contributed by atoms with Gasteiger partial charge in [0.2, 0.25) is 5.91 Å². The maximum atomic E-state index is 13.0. The summed E-state index contributed by atoms with van der Waals surface area (Å²) in [6, 6.07) is -0.868. The number of quaternary nitrogens is 1. The molecular weight excluding hydrogens is 900 g/mol. The number of aliphatic hydroxyl groups is 1. The first-order valence-corrected chi connectivity index (χ1v) is 32.4. The maximum Gasteiger partial charge on any atom is 0.472 e. The van der Waals surface area contributed by atoms with E-state index < -0.39 is 20.0 Å². The Hall–Kier alpha value is -1.28. The Morgan fingerprint density at radius 2 is 0.775 bits per heavy atom. The van der Waals surface area contributed by atoms with Crippen LogP contribution < -0.4 is 5.32 Å². The summed E-state index contributed by atoms with van der Waals surface area (Å²) in [7, 11) is 1.56. The van der Waals surface area contributed by atoms with E-state index >= 15 is 0 Å². The highest BCUT2D eigenvalue weighted by atomic mass is 31.2. The smallest absolute Gasteiger partial charge is 0.387 e. The maximum absolute atomic E-state index is 13.0. The van der Waals surface area contributed by atoms with Crippen molar-refractivity contribution in [2.24, 2.45) is 0 Å². The summed E-state index contributed by atoms with van der Waals surface area (Å²) in [6.07, 6.45) is 69.9. The molecule has 0 saturated carbocycles. The molecule has 0 aliphatic carbocycles.